The summed E-state index contributed by atoms with van der Waals surface area (Å²) >= 11 is 4.81. The molecule has 5 nitrogen and oxygen atoms in total. The summed E-state index contributed by atoms with van der Waals surface area (Å²) in [7, 11) is 0. The van der Waals surface area contributed by atoms with Crippen molar-refractivity contribution < 1.29 is 4.92 Å². The number of benzene rings is 1. The standard InChI is InChI=1S/C12H8BrN3O2S/c13-11-2-1-9(16(17)18)4-12(11)15-6-10-3-8(5-14)7-19-10/h1-4,7,15H,6H2. The van der Waals surface area contributed by atoms with Crippen molar-refractivity contribution in [2.75, 3.05) is 5.32 Å². The second-order valence-corrected chi connectivity index (χ2v) is 5.54. The Morgan fingerprint density at radius 1 is 1.47 bits per heavy atom. The van der Waals surface area contributed by atoms with Gasteiger partial charge in [-0.1, -0.05) is 0 Å². The van der Waals surface area contributed by atoms with Crippen molar-refractivity contribution in [1.29, 1.82) is 5.26 Å². The SMILES string of the molecule is N#Cc1csc(CNc2cc([N+](=O)[O-])ccc2Br)c1. The number of anilines is 1. The molecule has 0 amide bonds. The molecule has 0 aliphatic carbocycles. The van der Waals surface area contributed by atoms with Gasteiger partial charge in [-0.3, -0.25) is 10.1 Å². The molecular formula is C12H8BrN3O2S. The van der Waals surface area contributed by atoms with Crippen molar-refractivity contribution in [3.05, 3.63) is 54.7 Å². The van der Waals surface area contributed by atoms with Crippen LogP contribution in [-0.4, -0.2) is 4.92 Å². The summed E-state index contributed by atoms with van der Waals surface area (Å²) in [4.78, 5) is 11.3. The normalized spacial score (nSPS) is 9.89. The smallest absolute Gasteiger partial charge is 0.271 e. The second kappa shape index (κ2) is 5.82. The zero-order valence-corrected chi connectivity index (χ0v) is 12.0. The van der Waals surface area contributed by atoms with E-state index in [1.165, 1.54) is 23.5 Å². The topological polar surface area (TPSA) is 79.0 Å². The number of nitrogens with zero attached hydrogens (tertiary/aromatic N) is 2. The van der Waals surface area contributed by atoms with Gasteiger partial charge in [0.1, 0.15) is 6.07 Å². The minimum atomic E-state index is -0.434. The summed E-state index contributed by atoms with van der Waals surface area (Å²) in [5.41, 5.74) is 1.32. The molecular weight excluding hydrogens is 330 g/mol. The van der Waals surface area contributed by atoms with E-state index in [1.807, 2.05) is 0 Å². The quantitative estimate of drug-likeness (QED) is 0.677. The first-order valence-corrected chi connectivity index (χ1v) is 6.92. The molecule has 0 saturated heterocycles. The third-order valence-corrected chi connectivity index (χ3v) is 4.02. The van der Waals surface area contributed by atoms with Crippen LogP contribution in [0.3, 0.4) is 0 Å². The van der Waals surface area contributed by atoms with Gasteiger partial charge in [0, 0.05) is 33.4 Å². The van der Waals surface area contributed by atoms with Gasteiger partial charge in [-0.15, -0.1) is 11.3 Å². The van der Waals surface area contributed by atoms with Gasteiger partial charge in [-0.25, -0.2) is 0 Å². The van der Waals surface area contributed by atoms with Gasteiger partial charge < -0.3 is 5.32 Å². The maximum absolute atomic E-state index is 10.7. The Hall–Kier alpha value is -1.91. The summed E-state index contributed by atoms with van der Waals surface area (Å²) in [5, 5.41) is 24.3. The van der Waals surface area contributed by atoms with Crippen LogP contribution < -0.4 is 5.32 Å². The molecule has 1 heterocycles. The number of hydrogen-bond donors (Lipinski definition) is 1. The first kappa shape index (κ1) is 13.5. The van der Waals surface area contributed by atoms with E-state index in [-0.39, 0.29) is 5.69 Å². The second-order valence-electron chi connectivity index (χ2n) is 3.69. The largest absolute Gasteiger partial charge is 0.379 e. The minimum absolute atomic E-state index is 0.0367. The first-order valence-electron chi connectivity index (χ1n) is 5.25. The van der Waals surface area contributed by atoms with Gasteiger partial charge in [0.05, 0.1) is 16.2 Å². The number of thiophene rings is 1. The molecule has 1 aromatic carbocycles. The molecule has 0 unspecified atom stereocenters. The summed E-state index contributed by atoms with van der Waals surface area (Å²) < 4.78 is 0.759. The van der Waals surface area contributed by atoms with Crippen LogP contribution in [-0.2, 0) is 6.54 Å². The van der Waals surface area contributed by atoms with E-state index in [0.717, 1.165) is 9.35 Å². The lowest BCUT2D eigenvalue weighted by atomic mass is 10.2. The van der Waals surface area contributed by atoms with Crippen molar-refractivity contribution in [3.8, 4) is 6.07 Å². The van der Waals surface area contributed by atoms with Crippen LogP contribution in [0.2, 0.25) is 0 Å². The van der Waals surface area contributed by atoms with Crippen molar-refractivity contribution in [1.82, 2.24) is 0 Å². The molecule has 0 fully saturated rings. The van der Waals surface area contributed by atoms with E-state index in [0.29, 0.717) is 17.8 Å². The number of nitro benzene ring substituents is 1. The van der Waals surface area contributed by atoms with E-state index >= 15 is 0 Å². The van der Waals surface area contributed by atoms with Crippen LogP contribution in [0.25, 0.3) is 0 Å². The third kappa shape index (κ3) is 3.30. The lowest BCUT2D eigenvalue weighted by Crippen LogP contribution is -1.99. The summed E-state index contributed by atoms with van der Waals surface area (Å²) in [6, 6.07) is 8.41. The van der Waals surface area contributed by atoms with Gasteiger partial charge in [0.15, 0.2) is 0 Å². The van der Waals surface area contributed by atoms with E-state index in [1.54, 1.807) is 17.5 Å². The van der Waals surface area contributed by atoms with Crippen LogP contribution in [0.4, 0.5) is 11.4 Å². The Kier molecular flexibility index (Phi) is 4.14. The molecule has 0 aliphatic heterocycles. The van der Waals surface area contributed by atoms with Crippen molar-refractivity contribution in [3.63, 3.8) is 0 Å². The number of nitrogens with one attached hydrogen (secondary N) is 1. The van der Waals surface area contributed by atoms with Crippen molar-refractivity contribution >= 4 is 38.6 Å². The van der Waals surface area contributed by atoms with Gasteiger partial charge in [-0.2, -0.15) is 5.26 Å². The maximum Gasteiger partial charge on any atom is 0.271 e. The monoisotopic (exact) mass is 337 g/mol. The predicted octanol–water partition coefficient (Wildman–Crippen LogP) is 3.90. The molecule has 1 aromatic heterocycles. The fourth-order valence-electron chi connectivity index (χ4n) is 1.48. The Bertz CT molecular complexity index is 663. The highest BCUT2D eigenvalue weighted by molar-refractivity contribution is 9.10. The lowest BCUT2D eigenvalue weighted by Gasteiger charge is -2.06. The van der Waals surface area contributed by atoms with Crippen LogP contribution >= 0.6 is 27.3 Å². The molecule has 96 valence electrons. The maximum atomic E-state index is 10.7. The fraction of sp³-hybridized carbons (Fsp3) is 0.0833. The van der Waals surface area contributed by atoms with Crippen LogP contribution in [0.1, 0.15) is 10.4 Å². The summed E-state index contributed by atoms with van der Waals surface area (Å²) in [5.74, 6) is 0. The fourth-order valence-corrected chi connectivity index (χ4v) is 2.61. The average molecular weight is 338 g/mol. The van der Waals surface area contributed by atoms with Gasteiger partial charge in [-0.05, 0) is 28.1 Å². The molecule has 0 aliphatic rings. The zero-order chi connectivity index (χ0) is 13.8. The van der Waals surface area contributed by atoms with Gasteiger partial charge in [0.2, 0.25) is 0 Å². The number of halogens is 1. The van der Waals surface area contributed by atoms with Crippen LogP contribution in [0.15, 0.2) is 34.1 Å². The number of non-ortho nitro benzene ring substituents is 1. The minimum Gasteiger partial charge on any atom is -0.379 e. The van der Waals surface area contributed by atoms with Crippen molar-refractivity contribution in [2.24, 2.45) is 0 Å². The van der Waals surface area contributed by atoms with Crippen LogP contribution in [0, 0.1) is 21.4 Å². The Balaban J connectivity index is 2.12. The Morgan fingerprint density at radius 2 is 2.26 bits per heavy atom. The molecule has 2 aromatic rings. The highest BCUT2D eigenvalue weighted by Gasteiger charge is 2.09. The average Bonchev–Trinajstić information content (AvgIpc) is 2.85. The van der Waals surface area contributed by atoms with E-state index in [9.17, 15) is 10.1 Å². The first-order chi connectivity index (χ1) is 9.10. The Morgan fingerprint density at radius 3 is 2.89 bits per heavy atom. The highest BCUT2D eigenvalue weighted by atomic mass is 79.9. The molecule has 2 rings (SSSR count). The van der Waals surface area contributed by atoms with Gasteiger partial charge >= 0.3 is 0 Å². The molecule has 0 radical (unpaired) electrons. The number of rotatable bonds is 4. The van der Waals surface area contributed by atoms with Crippen LogP contribution in [0.5, 0.6) is 0 Å². The van der Waals surface area contributed by atoms with E-state index in [4.69, 9.17) is 5.26 Å². The predicted molar refractivity (Wildman–Crippen MR) is 77.2 cm³/mol. The number of hydrogen-bond acceptors (Lipinski definition) is 5. The third-order valence-electron chi connectivity index (χ3n) is 2.40. The van der Waals surface area contributed by atoms with Crippen molar-refractivity contribution in [2.45, 2.75) is 6.54 Å². The molecule has 19 heavy (non-hydrogen) atoms. The number of nitriles is 1. The van der Waals surface area contributed by atoms with E-state index in [2.05, 4.69) is 27.3 Å². The summed E-state index contributed by atoms with van der Waals surface area (Å²) in [6.07, 6.45) is 0. The van der Waals surface area contributed by atoms with Gasteiger partial charge in [0.25, 0.3) is 5.69 Å². The molecule has 1 N–H and O–H groups in total. The molecule has 0 atom stereocenters. The summed E-state index contributed by atoms with van der Waals surface area (Å²) in [6.45, 7) is 0.520. The molecule has 7 heteroatoms. The Labute approximate surface area is 121 Å². The highest BCUT2D eigenvalue weighted by Crippen LogP contribution is 2.28. The molecule has 0 saturated carbocycles. The molecule has 0 bridgehead atoms. The zero-order valence-electron chi connectivity index (χ0n) is 9.59. The molecule has 0 spiro atoms. The van der Waals surface area contributed by atoms with E-state index < -0.39 is 4.92 Å². The lowest BCUT2D eigenvalue weighted by molar-refractivity contribution is -0.384. The number of nitro groups is 1.